The van der Waals surface area contributed by atoms with Crippen LogP contribution < -0.4 is 0 Å². The zero-order valence-corrected chi connectivity index (χ0v) is 14.8. The van der Waals surface area contributed by atoms with Gasteiger partial charge in [-0.3, -0.25) is 0 Å². The van der Waals surface area contributed by atoms with Crippen LogP contribution in [0.3, 0.4) is 0 Å². The summed E-state index contributed by atoms with van der Waals surface area (Å²) in [4.78, 5) is 16.2. The van der Waals surface area contributed by atoms with Crippen LogP contribution in [0.1, 0.15) is 10.6 Å². The zero-order valence-electron chi connectivity index (χ0n) is 12.5. The van der Waals surface area contributed by atoms with E-state index < -0.39 is 5.97 Å². The number of carbonyl (C=O) groups is 1. The minimum absolute atomic E-state index is 0.0827. The number of para-hydroxylation sites is 1. The first-order valence-corrected chi connectivity index (χ1v) is 8.71. The molecule has 7 heteroatoms. The van der Waals surface area contributed by atoms with Crippen molar-refractivity contribution in [3.8, 4) is 0 Å². The summed E-state index contributed by atoms with van der Waals surface area (Å²) in [6.45, 7) is 0.219. The summed E-state index contributed by atoms with van der Waals surface area (Å²) >= 11 is 13.4. The number of benzene rings is 2. The summed E-state index contributed by atoms with van der Waals surface area (Å²) < 4.78 is 11.6. The lowest BCUT2D eigenvalue weighted by atomic mass is 10.2. The van der Waals surface area contributed by atoms with Gasteiger partial charge >= 0.3 is 5.97 Å². The average Bonchev–Trinajstić information content (AvgIpc) is 2.96. The Balaban J connectivity index is 1.45. The molecule has 0 unspecified atom stereocenters. The van der Waals surface area contributed by atoms with Crippen molar-refractivity contribution in [2.45, 2.75) is 13.2 Å². The SMILES string of the molecule is O=C(COCc1nc2ccccc2s1)OCc1ccc(Cl)cc1Cl. The van der Waals surface area contributed by atoms with E-state index in [-0.39, 0.29) is 19.8 Å². The minimum atomic E-state index is -0.456. The van der Waals surface area contributed by atoms with Gasteiger partial charge in [-0.15, -0.1) is 11.3 Å². The molecule has 3 rings (SSSR count). The molecule has 0 aliphatic heterocycles. The van der Waals surface area contributed by atoms with Crippen molar-refractivity contribution in [3.05, 3.63) is 63.1 Å². The zero-order chi connectivity index (χ0) is 16.9. The van der Waals surface area contributed by atoms with Crippen molar-refractivity contribution >= 4 is 50.7 Å². The third-order valence-electron chi connectivity index (χ3n) is 3.19. The normalized spacial score (nSPS) is 10.9. The van der Waals surface area contributed by atoms with Gasteiger partial charge in [0.05, 0.1) is 16.8 Å². The first kappa shape index (κ1) is 17.2. The van der Waals surface area contributed by atoms with E-state index in [0.29, 0.717) is 15.6 Å². The van der Waals surface area contributed by atoms with Crippen LogP contribution in [0.25, 0.3) is 10.2 Å². The molecule has 0 saturated carbocycles. The Morgan fingerprint density at radius 1 is 1.12 bits per heavy atom. The standard InChI is InChI=1S/C17H13Cl2NO3S/c18-12-6-5-11(13(19)7-12)8-23-17(21)10-22-9-16-20-14-3-1-2-4-15(14)24-16/h1-7H,8-10H2. The van der Waals surface area contributed by atoms with Crippen LogP contribution in [0, 0.1) is 0 Å². The molecule has 0 fully saturated rings. The average molecular weight is 382 g/mol. The van der Waals surface area contributed by atoms with Crippen molar-refractivity contribution in [2.75, 3.05) is 6.61 Å². The van der Waals surface area contributed by atoms with Gasteiger partial charge in [-0.05, 0) is 24.3 Å². The van der Waals surface area contributed by atoms with Gasteiger partial charge < -0.3 is 9.47 Å². The van der Waals surface area contributed by atoms with E-state index in [4.69, 9.17) is 32.7 Å². The Labute approximate surface area is 152 Å². The predicted octanol–water partition coefficient (Wildman–Crippen LogP) is 4.86. The van der Waals surface area contributed by atoms with E-state index in [9.17, 15) is 4.79 Å². The van der Waals surface area contributed by atoms with Gasteiger partial charge in [0.2, 0.25) is 0 Å². The van der Waals surface area contributed by atoms with Crippen LogP contribution in [0.15, 0.2) is 42.5 Å². The van der Waals surface area contributed by atoms with E-state index in [2.05, 4.69) is 4.98 Å². The number of esters is 1. The molecule has 2 aromatic carbocycles. The highest BCUT2D eigenvalue weighted by atomic mass is 35.5. The van der Waals surface area contributed by atoms with Crippen molar-refractivity contribution < 1.29 is 14.3 Å². The molecule has 0 bridgehead atoms. The molecule has 1 heterocycles. The number of rotatable bonds is 6. The number of aromatic nitrogens is 1. The lowest BCUT2D eigenvalue weighted by molar-refractivity contribution is -0.150. The molecule has 124 valence electrons. The van der Waals surface area contributed by atoms with E-state index in [1.165, 1.54) is 0 Å². The third kappa shape index (κ3) is 4.45. The van der Waals surface area contributed by atoms with Gasteiger partial charge in [-0.1, -0.05) is 41.4 Å². The number of nitrogens with zero attached hydrogens (tertiary/aromatic N) is 1. The maximum atomic E-state index is 11.7. The fraction of sp³-hybridized carbons (Fsp3) is 0.176. The number of thiazole rings is 1. The molecule has 0 amide bonds. The summed E-state index contributed by atoms with van der Waals surface area (Å²) in [7, 11) is 0. The minimum Gasteiger partial charge on any atom is -0.459 e. The topological polar surface area (TPSA) is 48.4 Å². The van der Waals surface area contributed by atoms with E-state index in [1.54, 1.807) is 29.5 Å². The molecule has 4 nitrogen and oxygen atoms in total. The van der Waals surface area contributed by atoms with Crippen molar-refractivity contribution in [1.29, 1.82) is 0 Å². The van der Waals surface area contributed by atoms with Crippen LogP contribution in [0.5, 0.6) is 0 Å². The van der Waals surface area contributed by atoms with E-state index >= 15 is 0 Å². The first-order valence-electron chi connectivity index (χ1n) is 7.13. The third-order valence-corrected chi connectivity index (χ3v) is 4.78. The summed E-state index contributed by atoms with van der Waals surface area (Å²) in [6.07, 6.45) is 0. The Bertz CT molecular complexity index is 833. The maximum Gasteiger partial charge on any atom is 0.332 e. The molecule has 1 aromatic heterocycles. The van der Waals surface area contributed by atoms with Gasteiger partial charge in [0.15, 0.2) is 0 Å². The van der Waals surface area contributed by atoms with Crippen LogP contribution in [-0.2, 0) is 27.5 Å². The van der Waals surface area contributed by atoms with Gasteiger partial charge in [0.1, 0.15) is 18.2 Å². The van der Waals surface area contributed by atoms with Gasteiger partial charge in [-0.25, -0.2) is 9.78 Å². The molecule has 3 aromatic rings. The highest BCUT2D eigenvalue weighted by molar-refractivity contribution is 7.18. The molecule has 0 N–H and O–H groups in total. The Kier molecular flexibility index (Phi) is 5.68. The second kappa shape index (κ2) is 7.94. The molecule has 0 radical (unpaired) electrons. The molecular weight excluding hydrogens is 369 g/mol. The number of ether oxygens (including phenoxy) is 2. The van der Waals surface area contributed by atoms with Gasteiger partial charge in [-0.2, -0.15) is 0 Å². The first-order chi connectivity index (χ1) is 11.6. The number of fused-ring (bicyclic) bond motifs is 1. The molecule has 0 aliphatic carbocycles. The van der Waals surface area contributed by atoms with Crippen molar-refractivity contribution in [1.82, 2.24) is 4.98 Å². The number of hydrogen-bond acceptors (Lipinski definition) is 5. The molecule has 24 heavy (non-hydrogen) atoms. The van der Waals surface area contributed by atoms with Crippen LogP contribution in [0.2, 0.25) is 10.0 Å². The number of halogens is 2. The largest absolute Gasteiger partial charge is 0.459 e. The lowest BCUT2D eigenvalue weighted by Gasteiger charge is -2.07. The molecule has 0 atom stereocenters. The lowest BCUT2D eigenvalue weighted by Crippen LogP contribution is -2.12. The van der Waals surface area contributed by atoms with Crippen molar-refractivity contribution in [3.63, 3.8) is 0 Å². The van der Waals surface area contributed by atoms with Crippen LogP contribution in [0.4, 0.5) is 0 Å². The van der Waals surface area contributed by atoms with Gasteiger partial charge in [0.25, 0.3) is 0 Å². The second-order valence-corrected chi connectivity index (χ2v) is 6.92. The Morgan fingerprint density at radius 2 is 1.96 bits per heavy atom. The second-order valence-electron chi connectivity index (χ2n) is 4.96. The number of carbonyl (C=O) groups excluding carboxylic acids is 1. The summed E-state index contributed by atoms with van der Waals surface area (Å²) in [5, 5.41) is 1.82. The molecule has 0 aliphatic rings. The van der Waals surface area contributed by atoms with Crippen LogP contribution >= 0.6 is 34.5 Å². The fourth-order valence-corrected chi connectivity index (χ4v) is 3.41. The Morgan fingerprint density at radius 3 is 2.75 bits per heavy atom. The van der Waals surface area contributed by atoms with E-state index in [1.807, 2.05) is 24.3 Å². The van der Waals surface area contributed by atoms with Crippen molar-refractivity contribution in [2.24, 2.45) is 0 Å². The van der Waals surface area contributed by atoms with E-state index in [0.717, 1.165) is 15.2 Å². The number of hydrogen-bond donors (Lipinski definition) is 0. The molecule has 0 spiro atoms. The van der Waals surface area contributed by atoms with Crippen LogP contribution in [-0.4, -0.2) is 17.6 Å². The highest BCUT2D eigenvalue weighted by Crippen LogP contribution is 2.23. The predicted molar refractivity (Wildman–Crippen MR) is 95.5 cm³/mol. The smallest absolute Gasteiger partial charge is 0.332 e. The summed E-state index contributed by atoms with van der Waals surface area (Å²) in [5.74, 6) is -0.456. The monoisotopic (exact) mass is 381 g/mol. The molecular formula is C17H13Cl2NO3S. The fourth-order valence-electron chi connectivity index (χ4n) is 2.04. The van der Waals surface area contributed by atoms with Gasteiger partial charge in [0, 0.05) is 15.6 Å². The summed E-state index contributed by atoms with van der Waals surface area (Å²) in [5.41, 5.74) is 1.63. The quantitative estimate of drug-likeness (QED) is 0.571. The Hall–Kier alpha value is -1.66. The summed E-state index contributed by atoms with van der Waals surface area (Å²) in [6, 6.07) is 12.9. The maximum absolute atomic E-state index is 11.7. The molecule has 0 saturated heterocycles. The highest BCUT2D eigenvalue weighted by Gasteiger charge is 2.08.